The number of benzene rings is 2. The molecule has 106 valence electrons. The fourth-order valence-electron chi connectivity index (χ4n) is 1.80. The maximum atomic E-state index is 5.84. The van der Waals surface area contributed by atoms with Crippen LogP contribution in [0, 0.1) is 0 Å². The van der Waals surface area contributed by atoms with Crippen LogP contribution in [0.25, 0.3) is 0 Å². The van der Waals surface area contributed by atoms with E-state index in [2.05, 4.69) is 50.2 Å². The molecule has 0 saturated carbocycles. The van der Waals surface area contributed by atoms with Gasteiger partial charge in [-0.3, -0.25) is 0 Å². The summed E-state index contributed by atoms with van der Waals surface area (Å²) in [4.78, 5) is 0. The summed E-state index contributed by atoms with van der Waals surface area (Å²) >= 11 is 7.04. The van der Waals surface area contributed by atoms with Crippen molar-refractivity contribution in [1.29, 1.82) is 0 Å². The summed E-state index contributed by atoms with van der Waals surface area (Å²) in [5, 5.41) is 3.39. The Morgan fingerprint density at radius 1 is 1.05 bits per heavy atom. The molecule has 4 heteroatoms. The maximum Gasteiger partial charge on any atom is 0.128 e. The first-order valence-corrected chi connectivity index (χ1v) is 8.20. The molecule has 2 rings (SSSR count). The van der Waals surface area contributed by atoms with Gasteiger partial charge in [0.15, 0.2) is 0 Å². The van der Waals surface area contributed by atoms with Gasteiger partial charge in [0.2, 0.25) is 0 Å². The molecule has 0 heterocycles. The van der Waals surface area contributed by atoms with Crippen molar-refractivity contribution in [3.05, 3.63) is 57.0 Å². The number of halogens is 2. The quantitative estimate of drug-likeness (QED) is 0.648. The smallest absolute Gasteiger partial charge is 0.128 e. The number of ether oxygens (including phenoxy) is 1. The monoisotopic (exact) mass is 397 g/mol. The highest BCUT2D eigenvalue weighted by atomic mass is 79.9. The Kier molecular flexibility index (Phi) is 6.07. The predicted molar refractivity (Wildman–Crippen MR) is 90.4 cm³/mol. The van der Waals surface area contributed by atoms with Gasteiger partial charge in [-0.1, -0.05) is 50.9 Å². The molecule has 0 bridgehead atoms. The SMILES string of the molecule is CCCNCc1ccc(Oc2cccc(Br)c2)cc1Br. The van der Waals surface area contributed by atoms with Gasteiger partial charge in [-0.25, -0.2) is 0 Å². The van der Waals surface area contributed by atoms with Crippen LogP contribution in [-0.2, 0) is 6.54 Å². The van der Waals surface area contributed by atoms with Gasteiger partial charge >= 0.3 is 0 Å². The van der Waals surface area contributed by atoms with Crippen LogP contribution in [0.3, 0.4) is 0 Å². The van der Waals surface area contributed by atoms with Crippen molar-refractivity contribution in [2.75, 3.05) is 6.54 Å². The molecular formula is C16H17Br2NO. The van der Waals surface area contributed by atoms with Gasteiger partial charge in [0.1, 0.15) is 11.5 Å². The van der Waals surface area contributed by atoms with Crippen molar-refractivity contribution in [2.45, 2.75) is 19.9 Å². The van der Waals surface area contributed by atoms with Crippen LogP contribution >= 0.6 is 31.9 Å². The minimum Gasteiger partial charge on any atom is -0.457 e. The Morgan fingerprint density at radius 3 is 2.55 bits per heavy atom. The highest BCUT2D eigenvalue weighted by molar-refractivity contribution is 9.10. The zero-order valence-electron chi connectivity index (χ0n) is 11.3. The summed E-state index contributed by atoms with van der Waals surface area (Å²) in [6.45, 7) is 4.06. The average Bonchev–Trinajstić information content (AvgIpc) is 2.41. The normalized spacial score (nSPS) is 10.6. The van der Waals surface area contributed by atoms with E-state index in [1.807, 2.05) is 36.4 Å². The molecule has 0 atom stereocenters. The van der Waals surface area contributed by atoms with Crippen molar-refractivity contribution in [3.63, 3.8) is 0 Å². The van der Waals surface area contributed by atoms with Crippen LogP contribution in [0.1, 0.15) is 18.9 Å². The molecule has 0 unspecified atom stereocenters. The third-order valence-electron chi connectivity index (χ3n) is 2.80. The summed E-state index contributed by atoms with van der Waals surface area (Å²) in [5.74, 6) is 1.65. The van der Waals surface area contributed by atoms with Gasteiger partial charge in [-0.15, -0.1) is 0 Å². The van der Waals surface area contributed by atoms with Crippen LogP contribution in [0.5, 0.6) is 11.5 Å². The Morgan fingerprint density at radius 2 is 1.85 bits per heavy atom. The zero-order valence-corrected chi connectivity index (χ0v) is 14.5. The van der Waals surface area contributed by atoms with E-state index < -0.39 is 0 Å². The molecule has 0 radical (unpaired) electrons. The van der Waals surface area contributed by atoms with Gasteiger partial charge < -0.3 is 10.1 Å². The Balaban J connectivity index is 2.05. The van der Waals surface area contributed by atoms with Crippen molar-refractivity contribution in [1.82, 2.24) is 5.32 Å². The molecule has 0 spiro atoms. The van der Waals surface area contributed by atoms with Crippen molar-refractivity contribution < 1.29 is 4.74 Å². The van der Waals surface area contributed by atoms with E-state index in [0.717, 1.165) is 40.0 Å². The number of hydrogen-bond donors (Lipinski definition) is 1. The van der Waals surface area contributed by atoms with Crippen LogP contribution in [-0.4, -0.2) is 6.54 Å². The van der Waals surface area contributed by atoms with Gasteiger partial charge in [0.25, 0.3) is 0 Å². The van der Waals surface area contributed by atoms with E-state index in [-0.39, 0.29) is 0 Å². The minimum atomic E-state index is 0.822. The third kappa shape index (κ3) is 4.62. The molecule has 0 aliphatic carbocycles. The predicted octanol–water partition coefficient (Wildman–Crippen LogP) is 5.50. The second kappa shape index (κ2) is 7.81. The van der Waals surface area contributed by atoms with Crippen LogP contribution in [0.15, 0.2) is 51.4 Å². The highest BCUT2D eigenvalue weighted by Gasteiger charge is 2.03. The maximum absolute atomic E-state index is 5.84. The van der Waals surface area contributed by atoms with Gasteiger partial charge in [-0.2, -0.15) is 0 Å². The molecule has 2 aromatic carbocycles. The molecule has 1 N–H and O–H groups in total. The van der Waals surface area contributed by atoms with Gasteiger partial charge in [0.05, 0.1) is 0 Å². The van der Waals surface area contributed by atoms with E-state index >= 15 is 0 Å². The summed E-state index contributed by atoms with van der Waals surface area (Å²) < 4.78 is 7.91. The molecule has 2 nitrogen and oxygen atoms in total. The Bertz CT molecular complexity index is 572. The fourth-order valence-corrected chi connectivity index (χ4v) is 2.68. The molecule has 20 heavy (non-hydrogen) atoms. The lowest BCUT2D eigenvalue weighted by molar-refractivity contribution is 0.481. The van der Waals surface area contributed by atoms with Crippen molar-refractivity contribution in [3.8, 4) is 11.5 Å². The van der Waals surface area contributed by atoms with Crippen molar-refractivity contribution >= 4 is 31.9 Å². The lowest BCUT2D eigenvalue weighted by atomic mass is 10.2. The molecule has 0 fully saturated rings. The van der Waals surface area contributed by atoms with E-state index in [4.69, 9.17) is 4.74 Å². The number of hydrogen-bond acceptors (Lipinski definition) is 2. The van der Waals surface area contributed by atoms with E-state index in [1.54, 1.807) is 0 Å². The van der Waals surface area contributed by atoms with Crippen molar-refractivity contribution in [2.24, 2.45) is 0 Å². The molecule has 0 aliphatic heterocycles. The fraction of sp³-hybridized carbons (Fsp3) is 0.250. The third-order valence-corrected chi connectivity index (χ3v) is 4.03. The first kappa shape index (κ1) is 15.5. The lowest BCUT2D eigenvalue weighted by Gasteiger charge is -2.10. The average molecular weight is 399 g/mol. The number of nitrogens with one attached hydrogen (secondary N) is 1. The molecule has 0 aromatic heterocycles. The summed E-state index contributed by atoms with van der Waals surface area (Å²) in [6.07, 6.45) is 1.14. The Hall–Kier alpha value is -0.840. The molecule has 0 amide bonds. The first-order chi connectivity index (χ1) is 9.69. The van der Waals surface area contributed by atoms with Crippen LogP contribution in [0.4, 0.5) is 0 Å². The summed E-state index contributed by atoms with van der Waals surface area (Å²) in [6, 6.07) is 13.9. The molecular weight excluding hydrogens is 382 g/mol. The Labute approximate surface area is 136 Å². The molecule has 0 saturated heterocycles. The minimum absolute atomic E-state index is 0.822. The standard InChI is InChI=1S/C16H17Br2NO/c1-2-8-19-11-12-6-7-15(10-16(12)18)20-14-5-3-4-13(17)9-14/h3-7,9-10,19H,2,8,11H2,1H3. The number of rotatable bonds is 6. The lowest BCUT2D eigenvalue weighted by Crippen LogP contribution is -2.14. The van der Waals surface area contributed by atoms with E-state index in [0.29, 0.717) is 0 Å². The second-order valence-electron chi connectivity index (χ2n) is 4.49. The van der Waals surface area contributed by atoms with E-state index in [1.165, 1.54) is 5.56 Å². The van der Waals surface area contributed by atoms with Crippen LogP contribution in [0.2, 0.25) is 0 Å². The van der Waals surface area contributed by atoms with Gasteiger partial charge in [0, 0.05) is 15.5 Å². The summed E-state index contributed by atoms with van der Waals surface area (Å²) in [7, 11) is 0. The first-order valence-electron chi connectivity index (χ1n) is 6.61. The molecule has 0 aliphatic rings. The highest BCUT2D eigenvalue weighted by Crippen LogP contribution is 2.28. The summed E-state index contributed by atoms with van der Waals surface area (Å²) in [5.41, 5.74) is 1.24. The van der Waals surface area contributed by atoms with E-state index in [9.17, 15) is 0 Å². The molecule has 2 aromatic rings. The largest absolute Gasteiger partial charge is 0.457 e. The second-order valence-corrected chi connectivity index (χ2v) is 6.26. The van der Waals surface area contributed by atoms with Crippen LogP contribution < -0.4 is 10.1 Å². The topological polar surface area (TPSA) is 21.3 Å². The van der Waals surface area contributed by atoms with Gasteiger partial charge in [-0.05, 0) is 48.9 Å². The zero-order chi connectivity index (χ0) is 14.4.